The van der Waals surface area contributed by atoms with Crippen molar-refractivity contribution in [2.24, 2.45) is 5.92 Å². The molecule has 1 aliphatic heterocycles. The number of aromatic nitrogens is 4. The third-order valence-electron chi connectivity index (χ3n) is 10.2. The molecule has 0 saturated carbocycles. The molecule has 1 atom stereocenters. The molecule has 2 aromatic heterocycles. The van der Waals surface area contributed by atoms with Gasteiger partial charge in [0.05, 0.1) is 23.2 Å². The van der Waals surface area contributed by atoms with Gasteiger partial charge in [0.1, 0.15) is 19.2 Å². The molecule has 1 aliphatic rings. The number of rotatable bonds is 21. The van der Waals surface area contributed by atoms with Crippen LogP contribution in [0.5, 0.6) is 5.75 Å². The lowest BCUT2D eigenvalue weighted by atomic mass is 9.96. The van der Waals surface area contributed by atoms with Crippen LogP contribution in [0.25, 0.3) is 33.5 Å². The van der Waals surface area contributed by atoms with Crippen molar-refractivity contribution in [3.8, 4) is 34.5 Å². The number of ether oxygens (including phenoxy) is 4. The maximum atomic E-state index is 15.6. The van der Waals surface area contributed by atoms with Crippen LogP contribution in [-0.4, -0.2) is 88.2 Å². The second kappa shape index (κ2) is 19.1. The Balaban J connectivity index is 1.49. The fourth-order valence-electron chi connectivity index (χ4n) is 6.63. The zero-order valence-corrected chi connectivity index (χ0v) is 38.6. The Labute approximate surface area is 337 Å². The smallest absolute Gasteiger partial charge is 0.189 e. The third kappa shape index (κ3) is 12.7. The molecule has 1 fully saturated rings. The number of fused-ring (bicyclic) bond motifs is 1. The molecular formula is C42H65FN6O4Si3. The Morgan fingerprint density at radius 1 is 0.875 bits per heavy atom. The van der Waals surface area contributed by atoms with E-state index in [0.717, 1.165) is 82.4 Å². The molecule has 0 spiro atoms. The van der Waals surface area contributed by atoms with Crippen LogP contribution in [0, 0.1) is 23.1 Å². The normalized spacial score (nSPS) is 15.6. The quantitative estimate of drug-likeness (QED) is 0.0466. The Hall–Kier alpha value is -3.17. The standard InChI is InChI=1S/C42H65FN6O4Si3/c1-11-33-23-40(53-31-52-18-21-56(8,9)10)38(43)24-37(33)34-12-13-36-39(22-34)49(30-51-17-20-55(5,6)7)46-41(36)42-45-35(27-47-15-14-32(25-44)26-47)28-48(42)29-50-16-19-54(2,3)4/h12-13,22-24,28,32H,11,14-21,26-27,29-31H2,1-10H3. The summed E-state index contributed by atoms with van der Waals surface area (Å²) in [7, 11) is -3.80. The van der Waals surface area contributed by atoms with Crippen molar-refractivity contribution in [2.45, 2.75) is 117 Å². The van der Waals surface area contributed by atoms with Gasteiger partial charge >= 0.3 is 0 Å². The number of imidazole rings is 1. The Morgan fingerprint density at radius 3 is 2.16 bits per heavy atom. The zero-order chi connectivity index (χ0) is 40.7. The van der Waals surface area contributed by atoms with E-state index in [9.17, 15) is 5.26 Å². The van der Waals surface area contributed by atoms with Crippen molar-refractivity contribution in [3.05, 3.63) is 53.6 Å². The van der Waals surface area contributed by atoms with E-state index in [4.69, 9.17) is 29.0 Å². The lowest BCUT2D eigenvalue weighted by Gasteiger charge is -2.16. The van der Waals surface area contributed by atoms with E-state index in [1.54, 1.807) is 12.1 Å². The van der Waals surface area contributed by atoms with Gasteiger partial charge in [0.25, 0.3) is 0 Å². The van der Waals surface area contributed by atoms with Crippen LogP contribution in [0.15, 0.2) is 36.5 Å². The average molecular weight is 821 g/mol. The van der Waals surface area contributed by atoms with Gasteiger partial charge in [-0.05, 0) is 78.5 Å². The monoisotopic (exact) mass is 820 g/mol. The van der Waals surface area contributed by atoms with Gasteiger partial charge in [0, 0.05) is 68.7 Å². The SMILES string of the molecule is CCc1cc(OCOCC[Si](C)(C)C)c(F)cc1-c1ccc2c(-c3nc(CN4CCC(C#N)C4)cn3COCC[Si](C)(C)C)nn(COCC[Si](C)(C)C)c2c1. The van der Waals surface area contributed by atoms with E-state index in [1.807, 2.05) is 10.7 Å². The van der Waals surface area contributed by atoms with Crippen LogP contribution in [0.3, 0.4) is 0 Å². The zero-order valence-electron chi connectivity index (χ0n) is 35.6. The van der Waals surface area contributed by atoms with E-state index in [1.165, 1.54) is 0 Å². The number of nitriles is 1. The van der Waals surface area contributed by atoms with Gasteiger partial charge in [-0.15, -0.1) is 0 Å². The molecule has 2 aromatic carbocycles. The van der Waals surface area contributed by atoms with E-state index in [-0.39, 0.29) is 25.2 Å². The number of halogens is 1. The van der Waals surface area contributed by atoms with Gasteiger partial charge in [-0.25, -0.2) is 14.1 Å². The molecule has 0 bridgehead atoms. The van der Waals surface area contributed by atoms with Crippen molar-refractivity contribution >= 4 is 35.1 Å². The van der Waals surface area contributed by atoms with Crippen LogP contribution in [0.2, 0.25) is 77.1 Å². The fourth-order valence-corrected chi connectivity index (χ4v) is 8.90. The van der Waals surface area contributed by atoms with Crippen molar-refractivity contribution in [2.75, 3.05) is 39.7 Å². The molecule has 4 aromatic rings. The van der Waals surface area contributed by atoms with Crippen molar-refractivity contribution in [1.29, 1.82) is 5.26 Å². The predicted molar refractivity (Wildman–Crippen MR) is 233 cm³/mol. The molecule has 10 nitrogen and oxygen atoms in total. The summed E-state index contributed by atoms with van der Waals surface area (Å²) in [5.41, 5.74) is 5.24. The summed E-state index contributed by atoms with van der Waals surface area (Å²) < 4.78 is 43.7. The lowest BCUT2D eigenvalue weighted by molar-refractivity contribution is 0.0197. The second-order valence-electron chi connectivity index (χ2n) is 18.9. The van der Waals surface area contributed by atoms with E-state index < -0.39 is 30.0 Å². The van der Waals surface area contributed by atoms with E-state index in [0.29, 0.717) is 39.5 Å². The molecule has 0 N–H and O–H groups in total. The Morgan fingerprint density at radius 2 is 1.54 bits per heavy atom. The highest BCUT2D eigenvalue weighted by molar-refractivity contribution is 6.76. The van der Waals surface area contributed by atoms with Gasteiger partial charge in [-0.2, -0.15) is 10.4 Å². The number of hydrogen-bond donors (Lipinski definition) is 0. The summed E-state index contributed by atoms with van der Waals surface area (Å²) in [6.45, 7) is 28.0. The lowest BCUT2D eigenvalue weighted by Crippen LogP contribution is -2.22. The van der Waals surface area contributed by atoms with Crippen molar-refractivity contribution in [1.82, 2.24) is 24.2 Å². The molecule has 1 unspecified atom stereocenters. The predicted octanol–water partition coefficient (Wildman–Crippen LogP) is 9.93. The van der Waals surface area contributed by atoms with Crippen molar-refractivity contribution < 1.29 is 23.3 Å². The fraction of sp³-hybridized carbons (Fsp3) is 0.595. The summed E-state index contributed by atoms with van der Waals surface area (Å²) >= 11 is 0. The number of hydrogen-bond acceptors (Lipinski definition) is 8. The highest BCUT2D eigenvalue weighted by Gasteiger charge is 2.26. The topological polar surface area (TPSA) is 99.6 Å². The molecule has 5 rings (SSSR count). The summed E-state index contributed by atoms with van der Waals surface area (Å²) in [5, 5.41) is 15.6. The molecule has 0 amide bonds. The minimum Gasteiger partial charge on any atom is -0.464 e. The van der Waals surface area contributed by atoms with E-state index in [2.05, 4.69) is 99.7 Å². The van der Waals surface area contributed by atoms with Crippen LogP contribution in [0.1, 0.15) is 24.6 Å². The minimum atomic E-state index is -1.30. The first-order chi connectivity index (χ1) is 26.4. The molecular weight excluding hydrogens is 756 g/mol. The summed E-state index contributed by atoms with van der Waals surface area (Å²) in [6, 6.07) is 15.2. The van der Waals surface area contributed by atoms with Gasteiger partial charge in [-0.3, -0.25) is 4.90 Å². The Kier molecular flexibility index (Phi) is 15.0. The summed E-state index contributed by atoms with van der Waals surface area (Å²) in [4.78, 5) is 7.48. The second-order valence-corrected chi connectivity index (χ2v) is 35.8. The molecule has 14 heteroatoms. The van der Waals surface area contributed by atoms with Crippen LogP contribution in [0.4, 0.5) is 4.39 Å². The first kappa shape index (κ1) is 43.9. The molecule has 0 aliphatic carbocycles. The first-order valence-corrected chi connectivity index (χ1v) is 31.4. The first-order valence-electron chi connectivity index (χ1n) is 20.3. The number of nitrogens with zero attached hydrogens (tertiary/aromatic N) is 6. The summed E-state index contributed by atoms with van der Waals surface area (Å²) in [6.07, 6.45) is 3.66. The van der Waals surface area contributed by atoms with Gasteiger partial charge in [-0.1, -0.05) is 71.9 Å². The average Bonchev–Trinajstić information content (AvgIpc) is 3.84. The van der Waals surface area contributed by atoms with Crippen LogP contribution >= 0.6 is 0 Å². The largest absolute Gasteiger partial charge is 0.464 e. The maximum Gasteiger partial charge on any atom is 0.189 e. The minimum absolute atomic E-state index is 0.0226. The van der Waals surface area contributed by atoms with Gasteiger partial charge < -0.3 is 23.5 Å². The van der Waals surface area contributed by atoms with Crippen LogP contribution in [-0.2, 0) is 40.6 Å². The summed E-state index contributed by atoms with van der Waals surface area (Å²) in [5.74, 6) is 0.573. The Bertz CT molecular complexity index is 1960. The maximum absolute atomic E-state index is 15.6. The number of aryl methyl sites for hydroxylation is 1. The number of benzene rings is 2. The number of likely N-dealkylation sites (tertiary alicyclic amines) is 1. The molecule has 306 valence electrons. The third-order valence-corrected chi connectivity index (χ3v) is 15.3. The molecule has 56 heavy (non-hydrogen) atoms. The highest BCUT2D eigenvalue weighted by Crippen LogP contribution is 2.36. The molecule has 0 radical (unpaired) electrons. The van der Waals surface area contributed by atoms with Crippen molar-refractivity contribution in [3.63, 3.8) is 0 Å². The molecule has 1 saturated heterocycles. The van der Waals surface area contributed by atoms with Crippen LogP contribution < -0.4 is 4.74 Å². The van der Waals surface area contributed by atoms with Gasteiger partial charge in [0.15, 0.2) is 24.2 Å². The molecule has 3 heterocycles. The van der Waals surface area contributed by atoms with E-state index >= 15 is 4.39 Å². The van der Waals surface area contributed by atoms with Gasteiger partial charge in [0.2, 0.25) is 0 Å². The highest BCUT2D eigenvalue weighted by atomic mass is 28.3.